The molecule has 0 aromatic rings. The number of aliphatic carboxylic acids is 1. The van der Waals surface area contributed by atoms with Gasteiger partial charge in [-0.25, -0.2) is 4.79 Å². The van der Waals surface area contributed by atoms with Gasteiger partial charge in [0.2, 0.25) is 0 Å². The molecule has 112 valence electrons. The molecule has 1 atom stereocenters. The summed E-state index contributed by atoms with van der Waals surface area (Å²) in [4.78, 5) is 22.2. The van der Waals surface area contributed by atoms with Crippen LogP contribution in [-0.4, -0.2) is 47.8 Å². The minimum atomic E-state index is -4.63. The fourth-order valence-corrected chi connectivity index (χ4v) is 1.18. The lowest BCUT2D eigenvalue weighted by atomic mass is 9.98. The van der Waals surface area contributed by atoms with E-state index in [4.69, 9.17) is 5.11 Å². The SMILES string of the molecule is CC(C)C(C)CNC(=O)N(CC(=O)O)CC(F)(F)F. The maximum Gasteiger partial charge on any atom is 0.406 e. The van der Waals surface area contributed by atoms with E-state index in [0.717, 1.165) is 0 Å². The van der Waals surface area contributed by atoms with Crippen molar-refractivity contribution in [3.63, 3.8) is 0 Å². The summed E-state index contributed by atoms with van der Waals surface area (Å²) in [5.41, 5.74) is 0. The molecule has 0 aliphatic heterocycles. The Morgan fingerprint density at radius 3 is 2.16 bits per heavy atom. The largest absolute Gasteiger partial charge is 0.480 e. The maximum atomic E-state index is 12.2. The first-order valence-electron chi connectivity index (χ1n) is 5.84. The van der Waals surface area contributed by atoms with Gasteiger partial charge in [0.25, 0.3) is 0 Å². The quantitative estimate of drug-likeness (QED) is 0.783. The highest BCUT2D eigenvalue weighted by Gasteiger charge is 2.34. The molecule has 0 spiro atoms. The normalized spacial score (nSPS) is 13.2. The molecule has 8 heteroatoms. The van der Waals surface area contributed by atoms with Gasteiger partial charge >= 0.3 is 18.2 Å². The summed E-state index contributed by atoms with van der Waals surface area (Å²) in [6.07, 6.45) is -4.63. The van der Waals surface area contributed by atoms with E-state index >= 15 is 0 Å². The molecule has 0 aromatic carbocycles. The fourth-order valence-electron chi connectivity index (χ4n) is 1.18. The maximum absolute atomic E-state index is 12.2. The van der Waals surface area contributed by atoms with Crippen molar-refractivity contribution in [1.82, 2.24) is 10.2 Å². The molecule has 0 saturated carbocycles. The van der Waals surface area contributed by atoms with Crippen molar-refractivity contribution < 1.29 is 27.9 Å². The molecule has 0 aromatic heterocycles. The molecule has 19 heavy (non-hydrogen) atoms. The zero-order valence-electron chi connectivity index (χ0n) is 11.1. The average molecular weight is 284 g/mol. The lowest BCUT2D eigenvalue weighted by Gasteiger charge is -2.24. The molecule has 0 saturated heterocycles. The Balaban J connectivity index is 4.50. The Hall–Kier alpha value is -1.47. The summed E-state index contributed by atoms with van der Waals surface area (Å²) in [5.74, 6) is -1.14. The molecule has 0 rings (SSSR count). The summed E-state index contributed by atoms with van der Waals surface area (Å²) in [5, 5.41) is 10.8. The van der Waals surface area contributed by atoms with Crippen molar-refractivity contribution in [2.45, 2.75) is 26.9 Å². The van der Waals surface area contributed by atoms with Crippen molar-refractivity contribution >= 4 is 12.0 Å². The van der Waals surface area contributed by atoms with Crippen LogP contribution in [0.2, 0.25) is 0 Å². The van der Waals surface area contributed by atoms with E-state index in [9.17, 15) is 22.8 Å². The van der Waals surface area contributed by atoms with Gasteiger partial charge in [-0.15, -0.1) is 0 Å². The Bertz CT molecular complexity index is 319. The second-order valence-electron chi connectivity index (χ2n) is 4.77. The van der Waals surface area contributed by atoms with Gasteiger partial charge in [0, 0.05) is 6.54 Å². The highest BCUT2D eigenvalue weighted by molar-refractivity contribution is 5.80. The minimum Gasteiger partial charge on any atom is -0.480 e. The molecule has 0 radical (unpaired) electrons. The number of carboxylic acids is 1. The number of halogens is 3. The molecule has 0 heterocycles. The number of amides is 2. The second kappa shape index (κ2) is 7.20. The van der Waals surface area contributed by atoms with Crippen molar-refractivity contribution in [3.05, 3.63) is 0 Å². The minimum absolute atomic E-state index is 0.0847. The van der Waals surface area contributed by atoms with Gasteiger partial charge in [0.05, 0.1) is 0 Å². The Morgan fingerprint density at radius 2 is 1.79 bits per heavy atom. The molecule has 2 N–H and O–H groups in total. The van der Waals surface area contributed by atoms with Crippen molar-refractivity contribution in [3.8, 4) is 0 Å². The lowest BCUT2D eigenvalue weighted by Crippen LogP contribution is -2.48. The number of carbonyl (C=O) groups is 2. The van der Waals surface area contributed by atoms with Crippen LogP contribution in [0.15, 0.2) is 0 Å². The zero-order valence-corrected chi connectivity index (χ0v) is 11.1. The van der Waals surface area contributed by atoms with Crippen LogP contribution in [0.5, 0.6) is 0 Å². The number of carbonyl (C=O) groups excluding carboxylic acids is 1. The van der Waals surface area contributed by atoms with Crippen LogP contribution < -0.4 is 5.32 Å². The summed E-state index contributed by atoms with van der Waals surface area (Å²) in [6.45, 7) is 3.31. The smallest absolute Gasteiger partial charge is 0.406 e. The van der Waals surface area contributed by atoms with Gasteiger partial charge in [-0.2, -0.15) is 13.2 Å². The van der Waals surface area contributed by atoms with E-state index in [2.05, 4.69) is 5.32 Å². The summed E-state index contributed by atoms with van der Waals surface area (Å²) in [6, 6.07) is -1.02. The molecule has 0 fully saturated rings. The molecular weight excluding hydrogens is 265 g/mol. The highest BCUT2D eigenvalue weighted by atomic mass is 19.4. The van der Waals surface area contributed by atoms with Crippen molar-refractivity contribution in [1.29, 1.82) is 0 Å². The van der Waals surface area contributed by atoms with Crippen LogP contribution in [0.4, 0.5) is 18.0 Å². The monoisotopic (exact) mass is 284 g/mol. The second-order valence-corrected chi connectivity index (χ2v) is 4.77. The van der Waals surface area contributed by atoms with E-state index < -0.39 is 31.3 Å². The van der Waals surface area contributed by atoms with Gasteiger partial charge < -0.3 is 15.3 Å². The summed E-state index contributed by atoms with van der Waals surface area (Å²) < 4.78 is 36.7. The third-order valence-corrected chi connectivity index (χ3v) is 2.70. The highest BCUT2D eigenvalue weighted by Crippen LogP contribution is 2.16. The van der Waals surface area contributed by atoms with E-state index in [1.54, 1.807) is 0 Å². The molecule has 0 aliphatic carbocycles. The number of carboxylic acid groups (broad SMARTS) is 1. The van der Waals surface area contributed by atoms with Gasteiger partial charge in [-0.3, -0.25) is 4.79 Å². The van der Waals surface area contributed by atoms with E-state index in [1.807, 2.05) is 20.8 Å². The first-order valence-corrected chi connectivity index (χ1v) is 5.84. The molecule has 0 bridgehead atoms. The fraction of sp³-hybridized carbons (Fsp3) is 0.818. The van der Waals surface area contributed by atoms with Crippen LogP contribution in [0.25, 0.3) is 0 Å². The van der Waals surface area contributed by atoms with E-state index in [0.29, 0.717) is 0 Å². The number of urea groups is 1. The van der Waals surface area contributed by atoms with Gasteiger partial charge in [0.15, 0.2) is 0 Å². The third kappa shape index (κ3) is 8.28. The van der Waals surface area contributed by atoms with Crippen molar-refractivity contribution in [2.75, 3.05) is 19.6 Å². The van der Waals surface area contributed by atoms with E-state index in [-0.39, 0.29) is 23.3 Å². The molecular formula is C11H19F3N2O3. The van der Waals surface area contributed by atoms with Crippen LogP contribution in [0.1, 0.15) is 20.8 Å². The third-order valence-electron chi connectivity index (χ3n) is 2.70. The lowest BCUT2D eigenvalue weighted by molar-refractivity contribution is -0.148. The number of nitrogens with one attached hydrogen (secondary N) is 1. The topological polar surface area (TPSA) is 69.6 Å². The zero-order chi connectivity index (χ0) is 15.2. The predicted molar refractivity (Wildman–Crippen MR) is 62.7 cm³/mol. The Morgan fingerprint density at radius 1 is 1.26 bits per heavy atom. The van der Waals surface area contributed by atoms with Crippen LogP contribution in [0.3, 0.4) is 0 Å². The predicted octanol–water partition coefficient (Wildman–Crippen LogP) is 1.94. The van der Waals surface area contributed by atoms with Gasteiger partial charge in [-0.1, -0.05) is 20.8 Å². The van der Waals surface area contributed by atoms with E-state index in [1.165, 1.54) is 0 Å². The average Bonchev–Trinajstić information content (AvgIpc) is 2.21. The number of hydrogen-bond donors (Lipinski definition) is 2. The number of alkyl halides is 3. The molecule has 5 nitrogen and oxygen atoms in total. The Labute approximate surface area is 109 Å². The van der Waals surface area contributed by atoms with Crippen LogP contribution >= 0.6 is 0 Å². The van der Waals surface area contributed by atoms with Crippen molar-refractivity contribution in [2.24, 2.45) is 11.8 Å². The summed E-state index contributed by atoms with van der Waals surface area (Å²) in [7, 11) is 0. The number of rotatable bonds is 6. The van der Waals surface area contributed by atoms with Crippen LogP contribution in [0, 0.1) is 11.8 Å². The van der Waals surface area contributed by atoms with Crippen LogP contribution in [-0.2, 0) is 4.79 Å². The Kier molecular flexibility index (Phi) is 6.64. The molecule has 1 unspecified atom stereocenters. The number of hydrogen-bond acceptors (Lipinski definition) is 2. The first-order chi connectivity index (χ1) is 8.53. The molecule has 2 amide bonds. The summed E-state index contributed by atoms with van der Waals surface area (Å²) >= 11 is 0. The number of nitrogens with zero attached hydrogens (tertiary/aromatic N) is 1. The van der Waals surface area contributed by atoms with Gasteiger partial charge in [-0.05, 0) is 11.8 Å². The molecule has 0 aliphatic rings. The first kappa shape index (κ1) is 17.5. The standard InChI is InChI=1S/C11H19F3N2O3/c1-7(2)8(3)4-15-10(19)16(5-9(17)18)6-11(12,13)14/h7-8H,4-6H2,1-3H3,(H,15,19)(H,17,18). The van der Waals surface area contributed by atoms with Gasteiger partial charge in [0.1, 0.15) is 13.1 Å².